The van der Waals surface area contributed by atoms with E-state index < -0.39 is 0 Å². The van der Waals surface area contributed by atoms with Gasteiger partial charge in [0.25, 0.3) is 0 Å². The van der Waals surface area contributed by atoms with Gasteiger partial charge < -0.3 is 0 Å². The van der Waals surface area contributed by atoms with E-state index in [0.717, 1.165) is 0 Å². The second-order valence-electron chi connectivity index (χ2n) is 6.90. The van der Waals surface area contributed by atoms with E-state index in [0.29, 0.717) is 0 Å². The molecule has 0 aromatic carbocycles. The number of allylic oxidation sites excluding steroid dienone is 8. The molecule has 0 spiro atoms. The van der Waals surface area contributed by atoms with Gasteiger partial charge in [-0.3, -0.25) is 0 Å². The highest BCUT2D eigenvalue weighted by molar-refractivity contribution is 5.62. The summed E-state index contributed by atoms with van der Waals surface area (Å²) in [4.78, 5) is 0. The van der Waals surface area contributed by atoms with Gasteiger partial charge in [0, 0.05) is 5.41 Å². The SMILES string of the molecule is CC1=C(C)C2=C(C1)C(C)(C)C1=C(CC(C)=C1C)C2. The lowest BCUT2D eigenvalue weighted by Gasteiger charge is -2.36. The Hall–Kier alpha value is -1.04. The summed E-state index contributed by atoms with van der Waals surface area (Å²) in [7, 11) is 0. The van der Waals surface area contributed by atoms with Crippen molar-refractivity contribution in [2.45, 2.75) is 60.8 Å². The molecule has 0 heterocycles. The van der Waals surface area contributed by atoms with Gasteiger partial charge in [-0.05, 0) is 69.2 Å². The summed E-state index contributed by atoms with van der Waals surface area (Å²) in [5, 5.41) is 0. The third-order valence-electron chi connectivity index (χ3n) is 5.52. The molecular weight excluding hydrogens is 216 g/mol. The van der Waals surface area contributed by atoms with Crippen molar-refractivity contribution in [3.05, 3.63) is 44.6 Å². The average Bonchev–Trinajstić information content (AvgIpc) is 2.72. The molecule has 0 N–H and O–H groups in total. The van der Waals surface area contributed by atoms with Gasteiger partial charge in [0.1, 0.15) is 0 Å². The number of rotatable bonds is 0. The van der Waals surface area contributed by atoms with E-state index in [1.807, 2.05) is 0 Å². The highest BCUT2D eigenvalue weighted by atomic mass is 14.5. The number of hydrogen-bond donors (Lipinski definition) is 0. The predicted molar refractivity (Wildman–Crippen MR) is 78.4 cm³/mol. The quantitative estimate of drug-likeness (QED) is 0.525. The van der Waals surface area contributed by atoms with Crippen molar-refractivity contribution in [2.24, 2.45) is 5.41 Å². The molecule has 0 aliphatic heterocycles. The second kappa shape index (κ2) is 3.50. The molecule has 0 nitrogen and oxygen atoms in total. The first-order valence-electron chi connectivity index (χ1n) is 7.12. The molecule has 0 bridgehead atoms. The van der Waals surface area contributed by atoms with Crippen LogP contribution in [0.5, 0.6) is 0 Å². The second-order valence-corrected chi connectivity index (χ2v) is 6.90. The van der Waals surface area contributed by atoms with Crippen molar-refractivity contribution < 1.29 is 0 Å². The van der Waals surface area contributed by atoms with E-state index >= 15 is 0 Å². The maximum Gasteiger partial charge on any atom is 0.0117 e. The first kappa shape index (κ1) is 12.0. The third kappa shape index (κ3) is 1.32. The molecule has 18 heavy (non-hydrogen) atoms. The maximum absolute atomic E-state index is 2.44. The Bertz CT molecular complexity index is 571. The fraction of sp³-hybridized carbons (Fsp3) is 0.556. The first-order chi connectivity index (χ1) is 8.34. The van der Waals surface area contributed by atoms with Crippen LogP contribution in [-0.2, 0) is 0 Å². The van der Waals surface area contributed by atoms with E-state index in [2.05, 4.69) is 41.5 Å². The fourth-order valence-corrected chi connectivity index (χ4v) is 4.27. The van der Waals surface area contributed by atoms with Gasteiger partial charge in [-0.1, -0.05) is 36.1 Å². The normalized spacial score (nSPS) is 26.3. The molecule has 0 fully saturated rings. The van der Waals surface area contributed by atoms with Crippen molar-refractivity contribution in [2.75, 3.05) is 0 Å². The topological polar surface area (TPSA) is 0 Å². The third-order valence-corrected chi connectivity index (χ3v) is 5.52. The van der Waals surface area contributed by atoms with Crippen LogP contribution in [0.2, 0.25) is 0 Å². The van der Waals surface area contributed by atoms with Gasteiger partial charge in [0.05, 0.1) is 0 Å². The maximum atomic E-state index is 2.44. The van der Waals surface area contributed by atoms with Gasteiger partial charge in [-0.15, -0.1) is 0 Å². The van der Waals surface area contributed by atoms with E-state index in [9.17, 15) is 0 Å². The number of hydrogen-bond acceptors (Lipinski definition) is 0. The zero-order valence-corrected chi connectivity index (χ0v) is 12.6. The van der Waals surface area contributed by atoms with Gasteiger partial charge >= 0.3 is 0 Å². The molecule has 3 aliphatic rings. The molecular formula is C18H24. The summed E-state index contributed by atoms with van der Waals surface area (Å²) in [6.07, 6.45) is 3.64. The Kier molecular flexibility index (Phi) is 2.33. The van der Waals surface area contributed by atoms with Crippen LogP contribution in [0, 0.1) is 5.41 Å². The van der Waals surface area contributed by atoms with Crippen molar-refractivity contribution in [3.63, 3.8) is 0 Å². The van der Waals surface area contributed by atoms with Crippen LogP contribution in [0.1, 0.15) is 60.8 Å². The molecule has 0 radical (unpaired) electrons. The van der Waals surface area contributed by atoms with Crippen LogP contribution in [0.4, 0.5) is 0 Å². The van der Waals surface area contributed by atoms with E-state index in [1.165, 1.54) is 19.3 Å². The monoisotopic (exact) mass is 240 g/mol. The minimum Gasteiger partial charge on any atom is -0.0660 e. The minimum absolute atomic E-state index is 0.254. The van der Waals surface area contributed by atoms with Gasteiger partial charge in [0.2, 0.25) is 0 Å². The highest BCUT2D eigenvalue weighted by Crippen LogP contribution is 2.57. The zero-order valence-electron chi connectivity index (χ0n) is 12.6. The largest absolute Gasteiger partial charge is 0.0660 e. The van der Waals surface area contributed by atoms with Crippen LogP contribution >= 0.6 is 0 Å². The molecule has 0 atom stereocenters. The summed E-state index contributed by atoms with van der Waals surface area (Å²) >= 11 is 0. The van der Waals surface area contributed by atoms with Crippen molar-refractivity contribution in [1.82, 2.24) is 0 Å². The molecule has 0 aromatic heterocycles. The minimum atomic E-state index is 0.254. The molecule has 0 unspecified atom stereocenters. The Labute approximate surface area is 111 Å². The standard InChI is InChI=1S/C18H24/c1-10-7-14-9-15-12(3)11(2)8-16(15)18(5,6)17(14)13(10)4/h7-9H2,1-6H3. The van der Waals surface area contributed by atoms with Gasteiger partial charge in [-0.2, -0.15) is 0 Å². The van der Waals surface area contributed by atoms with Crippen LogP contribution in [0.15, 0.2) is 44.6 Å². The van der Waals surface area contributed by atoms with E-state index in [4.69, 9.17) is 0 Å². The highest BCUT2D eigenvalue weighted by Gasteiger charge is 2.41. The van der Waals surface area contributed by atoms with Crippen molar-refractivity contribution in [3.8, 4) is 0 Å². The Morgan fingerprint density at radius 2 is 1.39 bits per heavy atom. The molecule has 3 aliphatic carbocycles. The summed E-state index contributed by atoms with van der Waals surface area (Å²) in [6, 6.07) is 0. The van der Waals surface area contributed by atoms with E-state index in [-0.39, 0.29) is 5.41 Å². The van der Waals surface area contributed by atoms with Crippen LogP contribution < -0.4 is 0 Å². The molecule has 0 amide bonds. The van der Waals surface area contributed by atoms with Gasteiger partial charge in [0.15, 0.2) is 0 Å². The van der Waals surface area contributed by atoms with Crippen LogP contribution in [0.25, 0.3) is 0 Å². The lowest BCUT2D eigenvalue weighted by molar-refractivity contribution is 0.513. The molecule has 0 heteroatoms. The first-order valence-corrected chi connectivity index (χ1v) is 7.12. The molecule has 0 aromatic rings. The molecule has 0 saturated carbocycles. The lowest BCUT2D eigenvalue weighted by Crippen LogP contribution is -2.23. The summed E-state index contributed by atoms with van der Waals surface area (Å²) in [6.45, 7) is 14.1. The summed E-state index contributed by atoms with van der Waals surface area (Å²) in [5.74, 6) is 0. The lowest BCUT2D eigenvalue weighted by atomic mass is 9.67. The Morgan fingerprint density at radius 3 is 2.06 bits per heavy atom. The van der Waals surface area contributed by atoms with E-state index in [1.54, 1.807) is 44.6 Å². The summed E-state index contributed by atoms with van der Waals surface area (Å²) in [5.41, 5.74) is 13.3. The Morgan fingerprint density at radius 1 is 0.778 bits per heavy atom. The predicted octanol–water partition coefficient (Wildman–Crippen LogP) is 5.49. The van der Waals surface area contributed by atoms with Gasteiger partial charge in [-0.25, -0.2) is 0 Å². The summed E-state index contributed by atoms with van der Waals surface area (Å²) < 4.78 is 0. The smallest absolute Gasteiger partial charge is 0.0117 e. The van der Waals surface area contributed by atoms with Crippen LogP contribution in [0.3, 0.4) is 0 Å². The fourth-order valence-electron chi connectivity index (χ4n) is 4.27. The molecule has 3 rings (SSSR count). The van der Waals surface area contributed by atoms with Crippen LogP contribution in [-0.4, -0.2) is 0 Å². The van der Waals surface area contributed by atoms with Crippen molar-refractivity contribution >= 4 is 0 Å². The Balaban J connectivity index is 2.12. The average molecular weight is 240 g/mol. The molecule has 96 valence electrons. The zero-order chi connectivity index (χ0) is 13.2. The van der Waals surface area contributed by atoms with Crippen molar-refractivity contribution in [1.29, 1.82) is 0 Å². The molecule has 0 saturated heterocycles.